The molecule has 0 aliphatic rings. The summed E-state index contributed by atoms with van der Waals surface area (Å²) >= 11 is 0. The molecule has 0 saturated carbocycles. The van der Waals surface area contributed by atoms with Crippen LogP contribution in [0.1, 0.15) is 277 Å². The van der Waals surface area contributed by atoms with Crippen LogP contribution >= 0.6 is 7.82 Å². The van der Waals surface area contributed by atoms with Crippen LogP contribution in [0.2, 0.25) is 0 Å². The lowest BCUT2D eigenvalue weighted by Gasteiger charge is -2.25. The van der Waals surface area contributed by atoms with Crippen LogP contribution in [0.5, 0.6) is 0 Å². The quantitative estimate of drug-likeness (QED) is 0.0243. The minimum atomic E-state index is -4.36. The second-order valence-electron chi connectivity index (χ2n) is 23.1. The van der Waals surface area contributed by atoms with Crippen LogP contribution in [0, 0.1) is 0 Å². The van der Waals surface area contributed by atoms with Crippen molar-refractivity contribution in [2.45, 2.75) is 289 Å². The maximum absolute atomic E-state index is 13.0. The van der Waals surface area contributed by atoms with E-state index in [2.05, 4.69) is 116 Å². The number of nitrogens with zero attached hydrogens (tertiary/aromatic N) is 1. The second kappa shape index (κ2) is 59.8. The van der Waals surface area contributed by atoms with Crippen molar-refractivity contribution in [2.24, 2.45) is 0 Å². The van der Waals surface area contributed by atoms with Gasteiger partial charge in [0.2, 0.25) is 5.91 Å². The first-order valence-corrected chi connectivity index (χ1v) is 34.3. The van der Waals surface area contributed by atoms with Crippen LogP contribution < -0.4 is 5.32 Å². The van der Waals surface area contributed by atoms with Crippen LogP contribution in [-0.4, -0.2) is 73.4 Å². The van der Waals surface area contributed by atoms with E-state index in [1.165, 1.54) is 173 Å². The summed E-state index contributed by atoms with van der Waals surface area (Å²) in [4.78, 5) is 23.4. The number of carbonyl (C=O) groups is 1. The Hall–Kier alpha value is -2.84. The summed E-state index contributed by atoms with van der Waals surface area (Å²) in [6.45, 7) is 4.69. The maximum atomic E-state index is 13.0. The zero-order chi connectivity index (χ0) is 57.7. The number of likely N-dealkylation sites (N-methyl/N-ethyl adjacent to an activating group) is 1. The Morgan fingerprint density at radius 1 is 0.443 bits per heavy atom. The van der Waals surface area contributed by atoms with Gasteiger partial charge in [0.25, 0.3) is 0 Å². The van der Waals surface area contributed by atoms with E-state index in [-0.39, 0.29) is 19.1 Å². The van der Waals surface area contributed by atoms with E-state index in [0.717, 1.165) is 83.5 Å². The maximum Gasteiger partial charge on any atom is 0.472 e. The lowest BCUT2D eigenvalue weighted by atomic mass is 10.0. The van der Waals surface area contributed by atoms with Gasteiger partial charge in [0.05, 0.1) is 39.9 Å². The summed E-state index contributed by atoms with van der Waals surface area (Å²) < 4.78 is 23.7. The number of allylic oxidation sites excluding steroid dienone is 17. The molecule has 0 aromatic rings. The number of quaternary nitrogens is 1. The topological polar surface area (TPSA) is 105 Å². The third-order valence-electron chi connectivity index (χ3n) is 14.2. The van der Waals surface area contributed by atoms with E-state index >= 15 is 0 Å². The fourth-order valence-corrected chi connectivity index (χ4v) is 9.89. The molecule has 9 heteroatoms. The highest BCUT2D eigenvalue weighted by Gasteiger charge is 2.27. The van der Waals surface area contributed by atoms with Crippen molar-refractivity contribution in [3.8, 4) is 0 Å². The highest BCUT2D eigenvalue weighted by molar-refractivity contribution is 7.47. The number of aliphatic hydroxyl groups is 1. The molecule has 3 unspecified atom stereocenters. The Morgan fingerprint density at radius 2 is 0.772 bits per heavy atom. The fourth-order valence-electron chi connectivity index (χ4n) is 9.16. The van der Waals surface area contributed by atoms with Gasteiger partial charge in [-0.25, -0.2) is 4.57 Å². The number of amides is 1. The van der Waals surface area contributed by atoms with Gasteiger partial charge < -0.3 is 19.8 Å². The van der Waals surface area contributed by atoms with Crippen LogP contribution in [0.15, 0.2) is 109 Å². The molecule has 0 bridgehead atoms. The molecule has 3 atom stereocenters. The van der Waals surface area contributed by atoms with E-state index in [1.54, 1.807) is 6.08 Å². The summed E-state index contributed by atoms with van der Waals surface area (Å²) in [6.07, 6.45) is 87.9. The molecule has 8 nitrogen and oxygen atoms in total. The molecule has 0 aliphatic heterocycles. The average molecular weight is 1120 g/mol. The molecule has 456 valence electrons. The molecule has 79 heavy (non-hydrogen) atoms. The van der Waals surface area contributed by atoms with Crippen molar-refractivity contribution in [1.82, 2.24) is 5.32 Å². The number of hydrogen-bond donors (Lipinski definition) is 3. The van der Waals surface area contributed by atoms with Crippen molar-refractivity contribution in [1.29, 1.82) is 0 Å². The minimum absolute atomic E-state index is 0.0535. The van der Waals surface area contributed by atoms with E-state index in [4.69, 9.17) is 9.05 Å². The van der Waals surface area contributed by atoms with Crippen molar-refractivity contribution in [3.63, 3.8) is 0 Å². The average Bonchev–Trinajstić information content (AvgIpc) is 3.42. The zero-order valence-electron chi connectivity index (χ0n) is 52.1. The van der Waals surface area contributed by atoms with Gasteiger partial charge in [-0.05, 0) is 89.9 Å². The summed E-state index contributed by atoms with van der Waals surface area (Å²) in [7, 11) is 1.55. The lowest BCUT2D eigenvalue weighted by Crippen LogP contribution is -2.45. The number of phosphoric acid groups is 1. The van der Waals surface area contributed by atoms with Gasteiger partial charge in [-0.15, -0.1) is 0 Å². The van der Waals surface area contributed by atoms with E-state index in [0.29, 0.717) is 17.4 Å². The largest absolute Gasteiger partial charge is 0.472 e. The molecular formula is C70H126N2O6P+. The molecule has 0 fully saturated rings. The normalized spacial score (nSPS) is 14.5. The van der Waals surface area contributed by atoms with Crippen LogP contribution in [0.25, 0.3) is 0 Å². The van der Waals surface area contributed by atoms with Crippen LogP contribution in [0.4, 0.5) is 0 Å². The molecule has 0 aromatic carbocycles. The van der Waals surface area contributed by atoms with Crippen molar-refractivity contribution in [2.75, 3.05) is 40.9 Å². The van der Waals surface area contributed by atoms with E-state index in [1.807, 2.05) is 27.2 Å². The predicted molar refractivity (Wildman–Crippen MR) is 345 cm³/mol. The number of aliphatic hydroxyl groups excluding tert-OH is 1. The van der Waals surface area contributed by atoms with E-state index < -0.39 is 20.0 Å². The highest BCUT2D eigenvalue weighted by atomic mass is 31.2. The van der Waals surface area contributed by atoms with Gasteiger partial charge in [-0.1, -0.05) is 290 Å². The van der Waals surface area contributed by atoms with Crippen molar-refractivity contribution >= 4 is 13.7 Å². The standard InChI is InChI=1S/C70H125N2O6P/c1-6-8-10-12-14-16-18-20-22-24-26-27-28-29-30-31-32-33-34-35-36-37-38-39-40-41-42-43-44-45-46-48-50-52-54-56-58-60-62-64-70(74)71-68(67-78-79(75,76)77-66-65-72(3,4)5)69(73)63-61-59-57-55-53-51-49-47-25-23-21-19-17-15-13-11-9-7-2/h8,10,14,16,20,22,26-27,29-30,32-33,35-36,53,55,61,63,68-69,73H,6-7,9,11-13,15,17-19,21,23-25,28,31,34,37-52,54,56-60,62,64-67H2,1-5H3,(H-,71,74,75,76)/p+1/b10-8-,16-14-,22-20-,27-26-,30-29-,33-32-,36-35-,55-53+,63-61+. The first kappa shape index (κ1) is 76.2. The first-order valence-electron chi connectivity index (χ1n) is 32.8. The van der Waals surface area contributed by atoms with Gasteiger partial charge in [0, 0.05) is 6.42 Å². The lowest BCUT2D eigenvalue weighted by molar-refractivity contribution is -0.870. The van der Waals surface area contributed by atoms with Crippen molar-refractivity contribution < 1.29 is 32.9 Å². The number of nitrogens with one attached hydrogen (secondary N) is 1. The van der Waals surface area contributed by atoms with E-state index in [9.17, 15) is 19.4 Å². The Morgan fingerprint density at radius 3 is 1.16 bits per heavy atom. The summed E-state index contributed by atoms with van der Waals surface area (Å²) in [6, 6.07) is -0.868. The molecule has 0 aromatic heterocycles. The molecule has 0 heterocycles. The van der Waals surface area contributed by atoms with Gasteiger partial charge in [-0.3, -0.25) is 13.8 Å². The van der Waals surface area contributed by atoms with Gasteiger partial charge in [-0.2, -0.15) is 0 Å². The Labute approximate surface area is 489 Å². The number of phosphoric ester groups is 1. The Bertz CT molecular complexity index is 1650. The van der Waals surface area contributed by atoms with Crippen LogP contribution in [-0.2, 0) is 18.4 Å². The molecule has 0 rings (SSSR count). The number of hydrogen-bond acceptors (Lipinski definition) is 5. The molecule has 0 aliphatic carbocycles. The number of rotatable bonds is 59. The Balaban J connectivity index is 4.05. The second-order valence-corrected chi connectivity index (χ2v) is 24.6. The Kier molecular flexibility index (Phi) is 57.6. The molecular weight excluding hydrogens is 996 g/mol. The van der Waals surface area contributed by atoms with Gasteiger partial charge in [0.15, 0.2) is 0 Å². The third kappa shape index (κ3) is 62.6. The predicted octanol–water partition coefficient (Wildman–Crippen LogP) is 20.7. The summed E-state index contributed by atoms with van der Waals surface area (Å²) in [5.74, 6) is -0.187. The number of carbonyl (C=O) groups excluding carboxylic acids is 1. The highest BCUT2D eigenvalue weighted by Crippen LogP contribution is 2.43. The van der Waals surface area contributed by atoms with Crippen LogP contribution in [0.3, 0.4) is 0 Å². The van der Waals surface area contributed by atoms with Gasteiger partial charge in [0.1, 0.15) is 13.2 Å². The van der Waals surface area contributed by atoms with Gasteiger partial charge >= 0.3 is 7.82 Å². The molecule has 0 saturated heterocycles. The monoisotopic (exact) mass is 1120 g/mol. The molecule has 1 amide bonds. The number of unbranched alkanes of at least 4 members (excludes halogenated alkanes) is 30. The first-order chi connectivity index (χ1) is 38.5. The SMILES string of the molecule is CC/C=C\C/C=C\C/C=C\C/C=C\C/C=C\C/C=C\C/C=C\CCCCCCCCCCCCCCCCCCCC(=O)NC(COP(=O)(O)OCC[N+](C)(C)C)C(O)/C=C/CC/C=C/CCCCCCCCCCCCCC. The molecule has 0 spiro atoms. The zero-order valence-corrected chi connectivity index (χ0v) is 53.0. The fraction of sp³-hybridized carbons (Fsp3) is 0.729. The van der Waals surface area contributed by atoms with Crippen molar-refractivity contribution in [3.05, 3.63) is 109 Å². The minimum Gasteiger partial charge on any atom is -0.387 e. The molecule has 0 radical (unpaired) electrons. The molecule has 3 N–H and O–H groups in total. The smallest absolute Gasteiger partial charge is 0.387 e. The summed E-state index contributed by atoms with van der Waals surface area (Å²) in [5.41, 5.74) is 0. The third-order valence-corrected chi connectivity index (χ3v) is 15.2. The summed E-state index contributed by atoms with van der Waals surface area (Å²) in [5, 5.41) is 13.9.